The van der Waals surface area contributed by atoms with Gasteiger partial charge in [0, 0.05) is 6.07 Å². The molecule has 5 heteroatoms. The molecule has 3 aromatic rings. The molecule has 0 bridgehead atoms. The molecule has 1 heterocycles. The van der Waals surface area contributed by atoms with Crippen LogP contribution >= 0.6 is 0 Å². The van der Waals surface area contributed by atoms with Gasteiger partial charge < -0.3 is 10.1 Å². The van der Waals surface area contributed by atoms with Gasteiger partial charge in [-0.05, 0) is 24.6 Å². The third kappa shape index (κ3) is 4.01. The Morgan fingerprint density at radius 2 is 1.75 bits per heavy atom. The second kappa shape index (κ2) is 7.46. The molecule has 1 N–H and O–H groups in total. The van der Waals surface area contributed by atoms with E-state index in [2.05, 4.69) is 10.4 Å². The molecular weight excluding hydrogens is 302 g/mol. The van der Waals surface area contributed by atoms with Crippen LogP contribution in [0, 0.1) is 0 Å². The van der Waals surface area contributed by atoms with E-state index in [1.807, 2.05) is 60.7 Å². The zero-order valence-corrected chi connectivity index (χ0v) is 13.4. The lowest BCUT2D eigenvalue weighted by molar-refractivity contribution is -0.122. The maximum Gasteiger partial charge on any atom is 0.266 e. The number of hydrogen-bond acceptors (Lipinski definition) is 3. The van der Waals surface area contributed by atoms with Crippen molar-refractivity contribution in [2.45, 2.75) is 19.6 Å². The first kappa shape index (κ1) is 15.8. The van der Waals surface area contributed by atoms with Gasteiger partial charge >= 0.3 is 0 Å². The lowest BCUT2D eigenvalue weighted by Crippen LogP contribution is -2.31. The molecule has 3 rings (SSSR count). The van der Waals surface area contributed by atoms with Crippen molar-refractivity contribution in [3.05, 3.63) is 78.5 Å². The summed E-state index contributed by atoms with van der Waals surface area (Å²) in [5.74, 6) is 1.10. The van der Waals surface area contributed by atoms with Crippen LogP contribution in [-0.4, -0.2) is 21.8 Å². The fourth-order valence-corrected chi connectivity index (χ4v) is 2.31. The standard InChI is InChI=1S/C19H19N3O2/c1-15(24-17-10-6-3-7-11-17)19(23)21-18-12-13-20-22(18)14-16-8-4-2-5-9-16/h2-13,15H,14H2,1H3,(H,21,23)/t15-/m0/s1. The van der Waals surface area contributed by atoms with Gasteiger partial charge in [-0.2, -0.15) is 5.10 Å². The Kier molecular flexibility index (Phi) is 4.91. The van der Waals surface area contributed by atoms with E-state index in [1.54, 1.807) is 23.9 Å². The smallest absolute Gasteiger partial charge is 0.266 e. The van der Waals surface area contributed by atoms with Crippen molar-refractivity contribution >= 4 is 11.7 Å². The molecule has 122 valence electrons. The maximum absolute atomic E-state index is 12.3. The first-order valence-corrected chi connectivity index (χ1v) is 7.80. The number of carbonyl (C=O) groups is 1. The van der Waals surface area contributed by atoms with Gasteiger partial charge in [0.2, 0.25) is 0 Å². The van der Waals surface area contributed by atoms with Gasteiger partial charge in [-0.3, -0.25) is 4.79 Å². The number of hydrogen-bond donors (Lipinski definition) is 1. The Morgan fingerprint density at radius 3 is 2.46 bits per heavy atom. The van der Waals surface area contributed by atoms with Crippen LogP contribution in [0.2, 0.25) is 0 Å². The molecular formula is C19H19N3O2. The highest BCUT2D eigenvalue weighted by Gasteiger charge is 2.16. The highest BCUT2D eigenvalue weighted by Crippen LogP contribution is 2.14. The van der Waals surface area contributed by atoms with E-state index < -0.39 is 6.10 Å². The second-order valence-corrected chi connectivity index (χ2v) is 5.42. The van der Waals surface area contributed by atoms with Crippen LogP contribution in [0.3, 0.4) is 0 Å². The van der Waals surface area contributed by atoms with Crippen LogP contribution in [0.25, 0.3) is 0 Å². The van der Waals surface area contributed by atoms with Crippen molar-refractivity contribution in [2.24, 2.45) is 0 Å². The van der Waals surface area contributed by atoms with Crippen LogP contribution in [-0.2, 0) is 11.3 Å². The van der Waals surface area contributed by atoms with Crippen molar-refractivity contribution in [3.63, 3.8) is 0 Å². The van der Waals surface area contributed by atoms with E-state index in [-0.39, 0.29) is 5.91 Å². The van der Waals surface area contributed by atoms with Gasteiger partial charge in [0.05, 0.1) is 12.7 Å². The van der Waals surface area contributed by atoms with Crippen molar-refractivity contribution in [1.29, 1.82) is 0 Å². The van der Waals surface area contributed by atoms with Crippen molar-refractivity contribution in [3.8, 4) is 5.75 Å². The summed E-state index contributed by atoms with van der Waals surface area (Å²) in [5, 5.41) is 7.14. The van der Waals surface area contributed by atoms with Crippen molar-refractivity contribution < 1.29 is 9.53 Å². The highest BCUT2D eigenvalue weighted by molar-refractivity contribution is 5.93. The molecule has 0 aliphatic heterocycles. The summed E-state index contributed by atoms with van der Waals surface area (Å²) >= 11 is 0. The Balaban J connectivity index is 1.63. The lowest BCUT2D eigenvalue weighted by atomic mass is 10.2. The zero-order valence-electron chi connectivity index (χ0n) is 13.4. The zero-order chi connectivity index (χ0) is 16.8. The molecule has 1 aromatic heterocycles. The Hall–Kier alpha value is -3.08. The predicted molar refractivity (Wildman–Crippen MR) is 92.9 cm³/mol. The van der Waals surface area contributed by atoms with Gasteiger partial charge in [-0.25, -0.2) is 4.68 Å². The summed E-state index contributed by atoms with van der Waals surface area (Å²) in [7, 11) is 0. The molecule has 1 amide bonds. The van der Waals surface area contributed by atoms with E-state index in [9.17, 15) is 4.79 Å². The SMILES string of the molecule is C[C@H](Oc1ccccc1)C(=O)Nc1ccnn1Cc1ccccc1. The molecule has 0 saturated carbocycles. The molecule has 2 aromatic carbocycles. The molecule has 0 aliphatic carbocycles. The number of nitrogens with zero attached hydrogens (tertiary/aromatic N) is 2. The van der Waals surface area contributed by atoms with Crippen molar-refractivity contribution in [2.75, 3.05) is 5.32 Å². The summed E-state index contributed by atoms with van der Waals surface area (Å²) in [4.78, 5) is 12.3. The minimum Gasteiger partial charge on any atom is -0.481 e. The number of anilines is 1. The summed E-state index contributed by atoms with van der Waals surface area (Å²) in [6.07, 6.45) is 1.06. The van der Waals surface area contributed by atoms with Crippen molar-refractivity contribution in [1.82, 2.24) is 9.78 Å². The van der Waals surface area contributed by atoms with Crippen LogP contribution in [0.4, 0.5) is 5.82 Å². The Bertz CT molecular complexity index is 785. The first-order chi connectivity index (χ1) is 11.7. The fourth-order valence-electron chi connectivity index (χ4n) is 2.31. The second-order valence-electron chi connectivity index (χ2n) is 5.42. The molecule has 5 nitrogen and oxygen atoms in total. The minimum atomic E-state index is -0.604. The molecule has 0 spiro atoms. The van der Waals surface area contributed by atoms with E-state index in [4.69, 9.17) is 4.74 Å². The third-order valence-electron chi connectivity index (χ3n) is 3.57. The van der Waals surface area contributed by atoms with E-state index >= 15 is 0 Å². The summed E-state index contributed by atoms with van der Waals surface area (Å²) in [5.41, 5.74) is 1.12. The number of para-hydroxylation sites is 1. The lowest BCUT2D eigenvalue weighted by Gasteiger charge is -2.15. The number of rotatable bonds is 6. The monoisotopic (exact) mass is 321 g/mol. The Morgan fingerprint density at radius 1 is 1.08 bits per heavy atom. The van der Waals surface area contributed by atoms with Gasteiger partial charge in [0.25, 0.3) is 5.91 Å². The molecule has 0 radical (unpaired) electrons. The number of amides is 1. The summed E-state index contributed by atoms with van der Waals surface area (Å²) in [6, 6.07) is 21.0. The summed E-state index contributed by atoms with van der Waals surface area (Å²) < 4.78 is 7.39. The highest BCUT2D eigenvalue weighted by atomic mass is 16.5. The molecule has 0 saturated heterocycles. The van der Waals surface area contributed by atoms with Crippen LogP contribution < -0.4 is 10.1 Å². The normalized spacial score (nSPS) is 11.7. The number of ether oxygens (including phenoxy) is 1. The van der Waals surface area contributed by atoms with E-state index in [1.165, 1.54) is 0 Å². The topological polar surface area (TPSA) is 56.1 Å². The van der Waals surface area contributed by atoms with Gasteiger partial charge in [-0.1, -0.05) is 48.5 Å². The molecule has 0 fully saturated rings. The fraction of sp³-hybridized carbons (Fsp3) is 0.158. The number of benzene rings is 2. The van der Waals surface area contributed by atoms with Gasteiger partial charge in [0.15, 0.2) is 6.10 Å². The average molecular weight is 321 g/mol. The minimum absolute atomic E-state index is 0.214. The molecule has 0 unspecified atom stereocenters. The molecule has 0 aliphatic rings. The predicted octanol–water partition coefficient (Wildman–Crippen LogP) is 3.34. The van der Waals surface area contributed by atoms with Gasteiger partial charge in [-0.15, -0.1) is 0 Å². The number of carbonyl (C=O) groups excluding carboxylic acids is 1. The largest absolute Gasteiger partial charge is 0.481 e. The third-order valence-corrected chi connectivity index (χ3v) is 3.57. The molecule has 24 heavy (non-hydrogen) atoms. The number of aromatic nitrogens is 2. The Labute approximate surface area is 140 Å². The quantitative estimate of drug-likeness (QED) is 0.757. The van der Waals surface area contributed by atoms with E-state index in [0.717, 1.165) is 5.56 Å². The maximum atomic E-state index is 12.3. The first-order valence-electron chi connectivity index (χ1n) is 7.80. The van der Waals surface area contributed by atoms with Crippen LogP contribution in [0.5, 0.6) is 5.75 Å². The van der Waals surface area contributed by atoms with Crippen LogP contribution in [0.15, 0.2) is 72.9 Å². The summed E-state index contributed by atoms with van der Waals surface area (Å²) in [6.45, 7) is 2.32. The number of nitrogens with one attached hydrogen (secondary N) is 1. The molecule has 1 atom stereocenters. The average Bonchev–Trinajstić information content (AvgIpc) is 3.03. The van der Waals surface area contributed by atoms with E-state index in [0.29, 0.717) is 18.1 Å². The van der Waals surface area contributed by atoms with Gasteiger partial charge in [0.1, 0.15) is 11.6 Å². The van der Waals surface area contributed by atoms with Crippen LogP contribution in [0.1, 0.15) is 12.5 Å².